The van der Waals surface area contributed by atoms with E-state index in [0.29, 0.717) is 11.7 Å². The summed E-state index contributed by atoms with van der Waals surface area (Å²) in [5, 5.41) is 0. The molecule has 0 saturated carbocycles. The van der Waals surface area contributed by atoms with E-state index in [4.69, 9.17) is 10.5 Å². The van der Waals surface area contributed by atoms with E-state index < -0.39 is 0 Å². The Morgan fingerprint density at radius 2 is 1.52 bits per heavy atom. The molecule has 0 aliphatic heterocycles. The van der Waals surface area contributed by atoms with Gasteiger partial charge in [-0.15, -0.1) is 0 Å². The van der Waals surface area contributed by atoms with Crippen LogP contribution in [-0.2, 0) is 12.8 Å². The zero-order chi connectivity index (χ0) is 17.2. The van der Waals surface area contributed by atoms with Crippen LogP contribution in [0.4, 0.5) is 4.39 Å². The molecule has 2 atom stereocenters. The van der Waals surface area contributed by atoms with Crippen molar-refractivity contribution in [3.63, 3.8) is 0 Å². The summed E-state index contributed by atoms with van der Waals surface area (Å²) in [5.41, 5.74) is 10.4. The number of hydrogen-bond acceptors (Lipinski definition) is 2. The zero-order valence-electron chi connectivity index (χ0n) is 13.9. The van der Waals surface area contributed by atoms with Gasteiger partial charge in [-0.25, -0.2) is 4.39 Å². The molecule has 0 aromatic heterocycles. The van der Waals surface area contributed by atoms with E-state index in [1.54, 1.807) is 12.1 Å². The Kier molecular flexibility index (Phi) is 4.24. The van der Waals surface area contributed by atoms with Gasteiger partial charge in [0.1, 0.15) is 17.3 Å². The highest BCUT2D eigenvalue weighted by molar-refractivity contribution is 5.40. The van der Waals surface area contributed by atoms with E-state index in [1.807, 2.05) is 12.1 Å². The molecule has 3 aromatic rings. The third kappa shape index (κ3) is 3.42. The SMILES string of the molecule is N[C@H]1Cc2ccccc2[C@H]1Cc1ccc(Oc2ccc(F)cc2)cc1. The second kappa shape index (κ2) is 6.69. The van der Waals surface area contributed by atoms with Crippen molar-refractivity contribution in [1.29, 1.82) is 0 Å². The fraction of sp³-hybridized carbons (Fsp3) is 0.182. The molecule has 0 radical (unpaired) electrons. The van der Waals surface area contributed by atoms with Gasteiger partial charge in [0.15, 0.2) is 0 Å². The van der Waals surface area contributed by atoms with Crippen molar-refractivity contribution in [2.24, 2.45) is 5.73 Å². The van der Waals surface area contributed by atoms with Crippen molar-refractivity contribution in [1.82, 2.24) is 0 Å². The molecule has 0 bridgehead atoms. The van der Waals surface area contributed by atoms with Gasteiger partial charge in [-0.3, -0.25) is 0 Å². The summed E-state index contributed by atoms with van der Waals surface area (Å²) in [4.78, 5) is 0. The number of halogens is 1. The van der Waals surface area contributed by atoms with E-state index in [2.05, 4.69) is 36.4 Å². The third-order valence-corrected chi connectivity index (χ3v) is 4.86. The lowest BCUT2D eigenvalue weighted by Crippen LogP contribution is -2.26. The van der Waals surface area contributed by atoms with Gasteiger partial charge in [-0.2, -0.15) is 0 Å². The molecule has 2 N–H and O–H groups in total. The highest BCUT2D eigenvalue weighted by Crippen LogP contribution is 2.35. The van der Waals surface area contributed by atoms with E-state index in [0.717, 1.165) is 18.6 Å². The Labute approximate surface area is 147 Å². The molecule has 3 heteroatoms. The smallest absolute Gasteiger partial charge is 0.127 e. The topological polar surface area (TPSA) is 35.2 Å². The Bertz CT molecular complexity index is 858. The number of ether oxygens (including phenoxy) is 1. The molecule has 3 aromatic carbocycles. The van der Waals surface area contributed by atoms with Crippen LogP contribution < -0.4 is 10.5 Å². The van der Waals surface area contributed by atoms with Gasteiger partial charge in [-0.05, 0) is 65.9 Å². The lowest BCUT2D eigenvalue weighted by atomic mass is 9.91. The van der Waals surface area contributed by atoms with Gasteiger partial charge in [-0.1, -0.05) is 36.4 Å². The minimum Gasteiger partial charge on any atom is -0.457 e. The van der Waals surface area contributed by atoms with E-state index in [-0.39, 0.29) is 11.9 Å². The molecule has 126 valence electrons. The Hall–Kier alpha value is -2.65. The largest absolute Gasteiger partial charge is 0.457 e. The van der Waals surface area contributed by atoms with Crippen LogP contribution in [0.2, 0.25) is 0 Å². The van der Waals surface area contributed by atoms with Crippen molar-refractivity contribution >= 4 is 0 Å². The number of nitrogens with two attached hydrogens (primary N) is 1. The lowest BCUT2D eigenvalue weighted by molar-refractivity contribution is 0.480. The normalized spacial score (nSPS) is 18.8. The fourth-order valence-corrected chi connectivity index (χ4v) is 3.56. The summed E-state index contributed by atoms with van der Waals surface area (Å²) in [7, 11) is 0. The fourth-order valence-electron chi connectivity index (χ4n) is 3.56. The first-order valence-corrected chi connectivity index (χ1v) is 8.55. The highest BCUT2D eigenvalue weighted by Gasteiger charge is 2.29. The van der Waals surface area contributed by atoms with Gasteiger partial charge >= 0.3 is 0 Å². The molecule has 2 nitrogen and oxygen atoms in total. The van der Waals surface area contributed by atoms with Crippen LogP contribution in [0.25, 0.3) is 0 Å². The van der Waals surface area contributed by atoms with Crippen LogP contribution in [0.1, 0.15) is 22.6 Å². The molecule has 0 amide bonds. The van der Waals surface area contributed by atoms with Gasteiger partial charge in [0.05, 0.1) is 0 Å². The first-order chi connectivity index (χ1) is 12.2. The van der Waals surface area contributed by atoms with Crippen LogP contribution in [0.5, 0.6) is 11.5 Å². The molecule has 0 heterocycles. The molecular weight excluding hydrogens is 313 g/mol. The summed E-state index contributed by atoms with van der Waals surface area (Å²) >= 11 is 0. The molecule has 0 spiro atoms. The zero-order valence-corrected chi connectivity index (χ0v) is 13.9. The first-order valence-electron chi connectivity index (χ1n) is 8.55. The van der Waals surface area contributed by atoms with Gasteiger partial charge < -0.3 is 10.5 Å². The maximum absolute atomic E-state index is 12.9. The number of hydrogen-bond donors (Lipinski definition) is 1. The van der Waals surface area contributed by atoms with Crippen molar-refractivity contribution < 1.29 is 9.13 Å². The van der Waals surface area contributed by atoms with Crippen molar-refractivity contribution in [3.8, 4) is 11.5 Å². The average molecular weight is 333 g/mol. The second-order valence-corrected chi connectivity index (χ2v) is 6.58. The summed E-state index contributed by atoms with van der Waals surface area (Å²) in [5.74, 6) is 1.46. The highest BCUT2D eigenvalue weighted by atomic mass is 19.1. The van der Waals surface area contributed by atoms with Crippen LogP contribution in [0.3, 0.4) is 0 Å². The van der Waals surface area contributed by atoms with Crippen LogP contribution in [0.15, 0.2) is 72.8 Å². The third-order valence-electron chi connectivity index (χ3n) is 4.86. The molecule has 1 aliphatic carbocycles. The van der Waals surface area contributed by atoms with Crippen molar-refractivity contribution in [3.05, 3.63) is 95.3 Å². The minimum atomic E-state index is -0.268. The molecule has 1 aliphatic rings. The molecule has 0 saturated heterocycles. The summed E-state index contributed by atoms with van der Waals surface area (Å²) in [6, 6.07) is 22.8. The van der Waals surface area contributed by atoms with Gasteiger partial charge in [0.25, 0.3) is 0 Å². The number of fused-ring (bicyclic) bond motifs is 1. The summed E-state index contributed by atoms with van der Waals surface area (Å²) < 4.78 is 18.7. The predicted octanol–water partition coefficient (Wildman–Crippen LogP) is 4.83. The monoisotopic (exact) mass is 333 g/mol. The van der Waals surface area contributed by atoms with Crippen LogP contribution >= 0.6 is 0 Å². The molecule has 0 unspecified atom stereocenters. The van der Waals surface area contributed by atoms with Crippen LogP contribution in [0, 0.1) is 5.82 Å². The molecule has 4 rings (SSSR count). The maximum atomic E-state index is 12.9. The van der Waals surface area contributed by atoms with Gasteiger partial charge in [0.2, 0.25) is 0 Å². The maximum Gasteiger partial charge on any atom is 0.127 e. The number of rotatable bonds is 4. The molecule has 25 heavy (non-hydrogen) atoms. The molecule has 0 fully saturated rings. The minimum absolute atomic E-state index is 0.174. The summed E-state index contributed by atoms with van der Waals surface area (Å²) in [6.45, 7) is 0. The standard InChI is InChI=1S/C22H20FNO/c23-17-7-11-19(12-8-17)25-18-9-5-15(6-10-18)13-21-20-4-2-1-3-16(20)14-22(21)24/h1-12,21-22H,13-14,24H2/t21-,22+/m1/s1. The average Bonchev–Trinajstić information content (AvgIpc) is 2.94. The van der Waals surface area contributed by atoms with E-state index in [1.165, 1.54) is 28.8 Å². The molecular formula is C22H20FNO. The second-order valence-electron chi connectivity index (χ2n) is 6.58. The van der Waals surface area contributed by atoms with Crippen molar-refractivity contribution in [2.75, 3.05) is 0 Å². The first kappa shape index (κ1) is 15.9. The summed E-state index contributed by atoms with van der Waals surface area (Å²) in [6.07, 6.45) is 1.88. The van der Waals surface area contributed by atoms with E-state index >= 15 is 0 Å². The lowest BCUT2D eigenvalue weighted by Gasteiger charge is -2.17. The van der Waals surface area contributed by atoms with Crippen molar-refractivity contribution in [2.45, 2.75) is 24.8 Å². The Morgan fingerprint density at radius 1 is 0.880 bits per heavy atom. The van der Waals surface area contributed by atoms with E-state index in [9.17, 15) is 4.39 Å². The van der Waals surface area contributed by atoms with Crippen LogP contribution in [-0.4, -0.2) is 6.04 Å². The number of benzene rings is 3. The van der Waals surface area contributed by atoms with Gasteiger partial charge in [0, 0.05) is 12.0 Å². The quantitative estimate of drug-likeness (QED) is 0.742. The Morgan fingerprint density at radius 3 is 2.24 bits per heavy atom. The predicted molar refractivity (Wildman–Crippen MR) is 97.5 cm³/mol. The Balaban J connectivity index is 1.46.